The number of nitrogens with zero attached hydrogens (tertiary/aromatic N) is 3. The Morgan fingerprint density at radius 3 is 2.85 bits per heavy atom. The minimum absolute atomic E-state index is 0.149. The van der Waals surface area contributed by atoms with Crippen molar-refractivity contribution in [3.05, 3.63) is 28.6 Å². The maximum Gasteiger partial charge on any atom is 0.309 e. The minimum atomic E-state index is -0.568. The first-order valence-electron chi connectivity index (χ1n) is 8.66. The lowest BCUT2D eigenvalue weighted by molar-refractivity contribution is -0.139. The van der Waals surface area contributed by atoms with Gasteiger partial charge < -0.3 is 10.6 Å². The third-order valence-corrected chi connectivity index (χ3v) is 6.19. The zero-order valence-electron chi connectivity index (χ0n) is 14.1. The Kier molecular flexibility index (Phi) is 4.98. The average Bonchev–Trinajstić information content (AvgIpc) is 3.40. The van der Waals surface area contributed by atoms with Crippen molar-refractivity contribution >= 4 is 39.4 Å². The largest absolute Gasteiger partial charge is 0.347 e. The molecule has 9 heteroatoms. The second-order valence-electron chi connectivity index (χ2n) is 6.29. The van der Waals surface area contributed by atoms with Gasteiger partial charge in [0.05, 0.1) is 10.6 Å². The summed E-state index contributed by atoms with van der Waals surface area (Å²) in [6, 6.07) is 4.12. The molecule has 3 aromatic rings. The summed E-state index contributed by atoms with van der Waals surface area (Å²) < 4.78 is 1.81. The lowest BCUT2D eigenvalue weighted by Gasteiger charge is -2.11. The predicted octanol–water partition coefficient (Wildman–Crippen LogP) is 2.24. The SMILES string of the molecule is O=C(NCCc1csc2nc(-c3cccs3)nn12)C(=O)NC1CCCC1. The third-order valence-electron chi connectivity index (χ3n) is 4.45. The van der Waals surface area contributed by atoms with Crippen LogP contribution in [0.25, 0.3) is 15.7 Å². The summed E-state index contributed by atoms with van der Waals surface area (Å²) in [6.07, 6.45) is 4.75. The van der Waals surface area contributed by atoms with Crippen molar-refractivity contribution in [3.63, 3.8) is 0 Å². The highest BCUT2D eigenvalue weighted by molar-refractivity contribution is 7.15. The fourth-order valence-corrected chi connectivity index (χ4v) is 4.62. The first kappa shape index (κ1) is 17.2. The molecule has 0 aliphatic heterocycles. The molecular weight excluding hydrogens is 370 g/mol. The molecule has 0 aromatic carbocycles. The topological polar surface area (TPSA) is 88.4 Å². The molecule has 0 spiro atoms. The first-order chi connectivity index (χ1) is 12.7. The highest BCUT2D eigenvalue weighted by Gasteiger charge is 2.21. The van der Waals surface area contributed by atoms with E-state index in [1.807, 2.05) is 27.4 Å². The Balaban J connectivity index is 1.33. The molecule has 0 radical (unpaired) electrons. The second-order valence-corrected chi connectivity index (χ2v) is 8.08. The third kappa shape index (κ3) is 3.63. The van der Waals surface area contributed by atoms with Gasteiger partial charge in [0, 0.05) is 24.4 Å². The molecule has 4 rings (SSSR count). The maximum atomic E-state index is 11.9. The van der Waals surface area contributed by atoms with Gasteiger partial charge in [-0.05, 0) is 24.3 Å². The number of thiazole rings is 1. The van der Waals surface area contributed by atoms with E-state index in [1.165, 1.54) is 11.3 Å². The quantitative estimate of drug-likeness (QED) is 0.655. The van der Waals surface area contributed by atoms with Crippen LogP contribution < -0.4 is 10.6 Å². The van der Waals surface area contributed by atoms with Crippen molar-refractivity contribution in [2.24, 2.45) is 0 Å². The minimum Gasteiger partial charge on any atom is -0.347 e. The van der Waals surface area contributed by atoms with Crippen LogP contribution in [0.4, 0.5) is 0 Å². The molecule has 1 aliphatic carbocycles. The van der Waals surface area contributed by atoms with Crippen molar-refractivity contribution in [2.75, 3.05) is 6.54 Å². The standard InChI is InChI=1S/C17H19N5O2S2/c23-15(16(24)19-11-4-1-2-5-11)18-8-7-12-10-26-17-20-14(21-22(12)17)13-6-3-9-25-13/h3,6,9-11H,1-2,4-5,7-8H2,(H,18,23)(H,19,24). The van der Waals surface area contributed by atoms with E-state index < -0.39 is 11.8 Å². The van der Waals surface area contributed by atoms with Gasteiger partial charge in [0.15, 0.2) is 5.82 Å². The van der Waals surface area contributed by atoms with Crippen LogP contribution in [0.2, 0.25) is 0 Å². The zero-order valence-corrected chi connectivity index (χ0v) is 15.7. The van der Waals surface area contributed by atoms with E-state index in [2.05, 4.69) is 20.7 Å². The molecule has 0 saturated heterocycles. The summed E-state index contributed by atoms with van der Waals surface area (Å²) in [5.74, 6) is -0.387. The Labute approximate surface area is 158 Å². The van der Waals surface area contributed by atoms with Gasteiger partial charge in [0.1, 0.15) is 0 Å². The van der Waals surface area contributed by atoms with Gasteiger partial charge in [0.2, 0.25) is 4.96 Å². The van der Waals surface area contributed by atoms with Crippen molar-refractivity contribution in [1.29, 1.82) is 0 Å². The molecule has 1 saturated carbocycles. The lowest BCUT2D eigenvalue weighted by atomic mass is 10.2. The molecule has 136 valence electrons. The number of aromatic nitrogens is 3. The first-order valence-corrected chi connectivity index (χ1v) is 10.4. The van der Waals surface area contributed by atoms with Crippen molar-refractivity contribution < 1.29 is 9.59 Å². The molecule has 0 atom stereocenters. The fourth-order valence-electron chi connectivity index (χ4n) is 3.11. The molecule has 26 heavy (non-hydrogen) atoms. The van der Waals surface area contributed by atoms with E-state index >= 15 is 0 Å². The number of thiophene rings is 1. The average molecular weight is 390 g/mol. The van der Waals surface area contributed by atoms with E-state index in [0.717, 1.165) is 41.2 Å². The Morgan fingerprint density at radius 2 is 2.08 bits per heavy atom. The van der Waals surface area contributed by atoms with Crippen LogP contribution in [0, 0.1) is 0 Å². The van der Waals surface area contributed by atoms with Gasteiger partial charge in [0.25, 0.3) is 0 Å². The van der Waals surface area contributed by atoms with Crippen molar-refractivity contribution in [2.45, 2.75) is 38.1 Å². The van der Waals surface area contributed by atoms with Crippen LogP contribution in [0.5, 0.6) is 0 Å². The fraction of sp³-hybridized carbons (Fsp3) is 0.412. The number of nitrogens with one attached hydrogen (secondary N) is 2. The normalized spacial score (nSPS) is 14.8. The van der Waals surface area contributed by atoms with Crippen LogP contribution >= 0.6 is 22.7 Å². The molecule has 3 aromatic heterocycles. The maximum absolute atomic E-state index is 11.9. The molecule has 2 N–H and O–H groups in total. The Morgan fingerprint density at radius 1 is 1.23 bits per heavy atom. The highest BCUT2D eigenvalue weighted by Crippen LogP contribution is 2.24. The number of hydrogen-bond donors (Lipinski definition) is 2. The van der Waals surface area contributed by atoms with E-state index in [0.29, 0.717) is 18.8 Å². The highest BCUT2D eigenvalue weighted by atomic mass is 32.1. The van der Waals surface area contributed by atoms with Gasteiger partial charge in [-0.1, -0.05) is 18.9 Å². The summed E-state index contributed by atoms with van der Waals surface area (Å²) >= 11 is 3.12. The molecule has 2 amide bonds. The molecule has 7 nitrogen and oxygen atoms in total. The number of carbonyl (C=O) groups is 2. The number of amides is 2. The van der Waals surface area contributed by atoms with Crippen LogP contribution in [0.15, 0.2) is 22.9 Å². The number of fused-ring (bicyclic) bond motifs is 1. The van der Waals surface area contributed by atoms with Gasteiger partial charge in [-0.25, -0.2) is 4.52 Å². The monoisotopic (exact) mass is 389 g/mol. The molecule has 3 heterocycles. The molecule has 1 fully saturated rings. The Bertz CT molecular complexity index is 909. The molecule has 0 bridgehead atoms. The summed E-state index contributed by atoms with van der Waals surface area (Å²) in [4.78, 5) is 30.2. The van der Waals surface area contributed by atoms with Gasteiger partial charge in [-0.2, -0.15) is 4.98 Å². The lowest BCUT2D eigenvalue weighted by Crippen LogP contribution is -2.44. The van der Waals surface area contributed by atoms with E-state index in [1.54, 1.807) is 11.3 Å². The number of carbonyl (C=O) groups excluding carboxylic acids is 2. The number of hydrogen-bond acceptors (Lipinski definition) is 6. The summed E-state index contributed by atoms with van der Waals surface area (Å²) in [7, 11) is 0. The second kappa shape index (κ2) is 7.55. The van der Waals surface area contributed by atoms with Crippen LogP contribution in [0.3, 0.4) is 0 Å². The summed E-state index contributed by atoms with van der Waals surface area (Å²) in [5.41, 5.74) is 0.969. The number of rotatable bonds is 5. The molecule has 0 unspecified atom stereocenters. The van der Waals surface area contributed by atoms with Crippen LogP contribution in [-0.2, 0) is 16.0 Å². The predicted molar refractivity (Wildman–Crippen MR) is 101 cm³/mol. The van der Waals surface area contributed by atoms with E-state index in [-0.39, 0.29) is 6.04 Å². The molecule has 1 aliphatic rings. The van der Waals surface area contributed by atoms with Crippen molar-refractivity contribution in [3.8, 4) is 10.7 Å². The molecular formula is C17H19N5O2S2. The van der Waals surface area contributed by atoms with Crippen LogP contribution in [0.1, 0.15) is 31.4 Å². The van der Waals surface area contributed by atoms with Crippen LogP contribution in [-0.4, -0.2) is 39.0 Å². The van der Waals surface area contributed by atoms with Gasteiger partial charge in [-0.3, -0.25) is 9.59 Å². The summed E-state index contributed by atoms with van der Waals surface area (Å²) in [6.45, 7) is 0.386. The van der Waals surface area contributed by atoms with E-state index in [4.69, 9.17) is 0 Å². The smallest absolute Gasteiger partial charge is 0.309 e. The summed E-state index contributed by atoms with van der Waals surface area (Å²) in [5, 5.41) is 14.0. The van der Waals surface area contributed by atoms with Gasteiger partial charge in [-0.15, -0.1) is 27.8 Å². The van der Waals surface area contributed by atoms with E-state index in [9.17, 15) is 9.59 Å². The van der Waals surface area contributed by atoms with Gasteiger partial charge >= 0.3 is 11.8 Å². The Hall–Kier alpha value is -2.26. The zero-order chi connectivity index (χ0) is 17.9. The van der Waals surface area contributed by atoms with Crippen molar-refractivity contribution in [1.82, 2.24) is 25.2 Å².